The zero-order valence-electron chi connectivity index (χ0n) is 15.8. The summed E-state index contributed by atoms with van der Waals surface area (Å²) in [4.78, 5) is 37.1. The van der Waals surface area contributed by atoms with E-state index in [1.165, 1.54) is 12.1 Å². The number of hydrogen-bond acceptors (Lipinski definition) is 6. The van der Waals surface area contributed by atoms with E-state index in [0.29, 0.717) is 11.6 Å². The molecule has 1 heterocycles. The van der Waals surface area contributed by atoms with Crippen molar-refractivity contribution in [3.63, 3.8) is 0 Å². The minimum absolute atomic E-state index is 0.0761. The third-order valence-electron chi connectivity index (χ3n) is 4.58. The first-order valence-corrected chi connectivity index (χ1v) is 8.83. The van der Waals surface area contributed by atoms with Crippen molar-refractivity contribution in [3.8, 4) is 0 Å². The summed E-state index contributed by atoms with van der Waals surface area (Å²) in [6.07, 6.45) is 2.09. The van der Waals surface area contributed by atoms with Crippen LogP contribution in [0.1, 0.15) is 50.9 Å². The second-order valence-corrected chi connectivity index (χ2v) is 7.90. The van der Waals surface area contributed by atoms with Crippen LogP contribution >= 0.6 is 0 Å². The number of benzene rings is 1. The number of nitro benzene ring substituents is 1. The lowest BCUT2D eigenvalue weighted by molar-refractivity contribution is -0.384. The molecule has 26 heavy (non-hydrogen) atoms. The molecule has 1 saturated heterocycles. The monoisotopic (exact) mass is 362 g/mol. The molecule has 1 fully saturated rings. The molecule has 0 amide bonds. The Bertz CT molecular complexity index is 708. The van der Waals surface area contributed by atoms with Crippen molar-refractivity contribution in [2.24, 2.45) is 11.3 Å². The number of nitro groups is 1. The maximum atomic E-state index is 12.2. The van der Waals surface area contributed by atoms with Gasteiger partial charge < -0.3 is 9.64 Å². The number of Topliss-reactive ketones (excluding diaryl/α,β-unsaturated/α-hetero) is 1. The highest BCUT2D eigenvalue weighted by atomic mass is 16.6. The number of carbonyl (C=O) groups excluding carboxylic acids is 2. The highest BCUT2D eigenvalue weighted by Gasteiger charge is 2.26. The summed E-state index contributed by atoms with van der Waals surface area (Å²) in [6.45, 7) is 8.50. The Hall–Kier alpha value is -2.44. The summed E-state index contributed by atoms with van der Waals surface area (Å²) in [7, 11) is 0. The van der Waals surface area contributed by atoms with E-state index in [1.807, 2.05) is 4.90 Å². The van der Waals surface area contributed by atoms with Crippen LogP contribution in [0.3, 0.4) is 0 Å². The lowest BCUT2D eigenvalue weighted by atomic mass is 9.91. The lowest BCUT2D eigenvalue weighted by Crippen LogP contribution is -2.34. The zero-order chi connectivity index (χ0) is 19.5. The van der Waals surface area contributed by atoms with Crippen LogP contribution in [0.25, 0.3) is 0 Å². The average Bonchev–Trinajstić information content (AvgIpc) is 2.57. The van der Waals surface area contributed by atoms with Gasteiger partial charge in [-0.2, -0.15) is 0 Å². The summed E-state index contributed by atoms with van der Waals surface area (Å²) in [5.41, 5.74) is -0.132. The average molecular weight is 362 g/mol. The Kier molecular flexibility index (Phi) is 6.00. The molecule has 2 rings (SSSR count). The van der Waals surface area contributed by atoms with Crippen LogP contribution in [-0.4, -0.2) is 36.4 Å². The van der Waals surface area contributed by atoms with Gasteiger partial charge in [0, 0.05) is 24.6 Å². The third kappa shape index (κ3) is 4.80. The Morgan fingerprint density at radius 1 is 1.35 bits per heavy atom. The third-order valence-corrected chi connectivity index (χ3v) is 4.58. The zero-order valence-corrected chi connectivity index (χ0v) is 15.8. The fourth-order valence-corrected chi connectivity index (χ4v) is 2.90. The van der Waals surface area contributed by atoms with Gasteiger partial charge in [0.15, 0.2) is 12.4 Å². The van der Waals surface area contributed by atoms with Gasteiger partial charge in [-0.15, -0.1) is 0 Å². The van der Waals surface area contributed by atoms with Crippen molar-refractivity contribution in [2.75, 3.05) is 24.6 Å². The molecule has 0 spiro atoms. The first-order valence-electron chi connectivity index (χ1n) is 8.83. The first kappa shape index (κ1) is 19.9. The molecule has 0 aliphatic carbocycles. The topological polar surface area (TPSA) is 89.8 Å². The Balaban J connectivity index is 2.18. The SMILES string of the molecule is CC1CCCN(c2ccc(C(=O)OCC(=O)C(C)(C)C)cc2[N+](=O)[O-])C1. The fourth-order valence-electron chi connectivity index (χ4n) is 2.90. The number of ketones is 1. The first-order chi connectivity index (χ1) is 12.1. The van der Waals surface area contributed by atoms with Gasteiger partial charge in [-0.3, -0.25) is 14.9 Å². The van der Waals surface area contributed by atoms with Crippen LogP contribution < -0.4 is 4.90 Å². The van der Waals surface area contributed by atoms with Crippen molar-refractivity contribution in [2.45, 2.75) is 40.5 Å². The van der Waals surface area contributed by atoms with E-state index in [0.717, 1.165) is 25.9 Å². The number of rotatable bonds is 5. The van der Waals surface area contributed by atoms with Gasteiger partial charge in [0.05, 0.1) is 10.5 Å². The molecule has 142 valence electrons. The molecule has 0 bridgehead atoms. The van der Waals surface area contributed by atoms with Crippen molar-refractivity contribution in [1.29, 1.82) is 0 Å². The van der Waals surface area contributed by atoms with Crippen molar-refractivity contribution in [1.82, 2.24) is 0 Å². The minimum atomic E-state index is -0.732. The molecule has 7 nitrogen and oxygen atoms in total. The standard InChI is InChI=1S/C19H26N2O5/c1-13-6-5-9-20(11-13)15-8-7-14(10-16(15)21(24)25)18(23)26-12-17(22)19(2,3)4/h7-8,10,13H,5-6,9,11-12H2,1-4H3. The van der Waals surface area contributed by atoms with Gasteiger partial charge in [-0.25, -0.2) is 4.79 Å². The maximum Gasteiger partial charge on any atom is 0.338 e. The predicted octanol–water partition coefficient (Wildman–Crippen LogP) is 3.60. The number of ether oxygens (including phenoxy) is 1. The van der Waals surface area contributed by atoms with Gasteiger partial charge >= 0.3 is 5.97 Å². The van der Waals surface area contributed by atoms with E-state index < -0.39 is 16.3 Å². The highest BCUT2D eigenvalue weighted by molar-refractivity contribution is 5.94. The van der Waals surface area contributed by atoms with Gasteiger partial charge in [0.2, 0.25) is 0 Å². The number of carbonyl (C=O) groups is 2. The molecule has 7 heteroatoms. The van der Waals surface area contributed by atoms with E-state index in [9.17, 15) is 19.7 Å². The minimum Gasteiger partial charge on any atom is -0.454 e. The molecule has 1 atom stereocenters. The molecule has 1 aromatic rings. The van der Waals surface area contributed by atoms with Crippen LogP contribution in [-0.2, 0) is 9.53 Å². The van der Waals surface area contributed by atoms with Crippen LogP contribution in [0.4, 0.5) is 11.4 Å². The summed E-state index contributed by atoms with van der Waals surface area (Å²) in [5, 5.41) is 11.5. The Labute approximate surface area is 153 Å². The van der Waals surface area contributed by atoms with Gasteiger partial charge in [-0.1, -0.05) is 27.7 Å². The van der Waals surface area contributed by atoms with Crippen molar-refractivity contribution < 1.29 is 19.2 Å². The Morgan fingerprint density at radius 3 is 2.62 bits per heavy atom. The molecule has 0 radical (unpaired) electrons. The van der Waals surface area contributed by atoms with Crippen LogP contribution in [0, 0.1) is 21.4 Å². The highest BCUT2D eigenvalue weighted by Crippen LogP contribution is 2.32. The van der Waals surface area contributed by atoms with Crippen LogP contribution in [0.5, 0.6) is 0 Å². The normalized spacial score (nSPS) is 17.7. The quantitative estimate of drug-likeness (QED) is 0.452. The van der Waals surface area contributed by atoms with E-state index >= 15 is 0 Å². The van der Waals surface area contributed by atoms with Crippen molar-refractivity contribution in [3.05, 3.63) is 33.9 Å². The maximum absolute atomic E-state index is 12.2. The van der Waals surface area contributed by atoms with E-state index in [2.05, 4.69) is 6.92 Å². The number of nitrogens with zero attached hydrogens (tertiary/aromatic N) is 2. The van der Waals surface area contributed by atoms with Gasteiger partial charge in [0.25, 0.3) is 5.69 Å². The van der Waals surface area contributed by atoms with Crippen LogP contribution in [0.2, 0.25) is 0 Å². The molecule has 1 aliphatic rings. The summed E-state index contributed by atoms with van der Waals surface area (Å²) < 4.78 is 5.03. The number of anilines is 1. The Morgan fingerprint density at radius 2 is 2.04 bits per heavy atom. The molecule has 0 saturated carbocycles. The number of hydrogen-bond donors (Lipinski definition) is 0. The smallest absolute Gasteiger partial charge is 0.338 e. The molecular formula is C19H26N2O5. The second-order valence-electron chi connectivity index (χ2n) is 7.90. The number of esters is 1. The van der Waals surface area contributed by atoms with Gasteiger partial charge in [-0.05, 0) is 30.9 Å². The summed E-state index contributed by atoms with van der Waals surface area (Å²) in [5.74, 6) is -0.472. The second kappa shape index (κ2) is 7.85. The largest absolute Gasteiger partial charge is 0.454 e. The fraction of sp³-hybridized carbons (Fsp3) is 0.579. The van der Waals surface area contributed by atoms with E-state index in [4.69, 9.17) is 4.74 Å². The number of piperidine rings is 1. The molecular weight excluding hydrogens is 336 g/mol. The molecule has 1 aliphatic heterocycles. The van der Waals surface area contributed by atoms with Gasteiger partial charge in [0.1, 0.15) is 5.69 Å². The summed E-state index contributed by atoms with van der Waals surface area (Å²) >= 11 is 0. The van der Waals surface area contributed by atoms with E-state index in [-0.39, 0.29) is 23.6 Å². The summed E-state index contributed by atoms with van der Waals surface area (Å²) in [6, 6.07) is 4.35. The molecule has 1 unspecified atom stereocenters. The predicted molar refractivity (Wildman–Crippen MR) is 98.5 cm³/mol. The van der Waals surface area contributed by atoms with Crippen LogP contribution in [0.15, 0.2) is 18.2 Å². The van der Waals surface area contributed by atoms with E-state index in [1.54, 1.807) is 26.8 Å². The lowest BCUT2D eigenvalue weighted by Gasteiger charge is -2.32. The molecule has 1 aromatic carbocycles. The molecule has 0 N–H and O–H groups in total. The van der Waals surface area contributed by atoms with Crippen molar-refractivity contribution >= 4 is 23.1 Å². The molecule has 0 aromatic heterocycles.